The Bertz CT molecular complexity index is 544. The van der Waals surface area contributed by atoms with Crippen LogP contribution >= 0.6 is 0 Å². The van der Waals surface area contributed by atoms with Crippen LogP contribution in [0.5, 0.6) is 0 Å². The predicted octanol–water partition coefficient (Wildman–Crippen LogP) is 2.28. The van der Waals surface area contributed by atoms with Crippen LogP contribution in [0.15, 0.2) is 24.3 Å². The smallest absolute Gasteiger partial charge is 0.352 e. The molecule has 1 atom stereocenters. The Morgan fingerprint density at radius 2 is 1.82 bits per heavy atom. The minimum atomic E-state index is -4.54. The second kappa shape index (κ2) is 7.26. The second-order valence-corrected chi connectivity index (χ2v) is 4.93. The molecule has 1 aromatic rings. The average Bonchev–Trinajstić information content (AvgIpc) is 2.42. The number of nitrogens with one attached hydrogen (secondary N) is 2. The number of hydroxylamine groups is 1. The van der Waals surface area contributed by atoms with Crippen molar-refractivity contribution in [3.05, 3.63) is 35.4 Å². The minimum absolute atomic E-state index is 0.0993. The number of hydrogen-bond acceptors (Lipinski definition) is 3. The molecule has 0 aliphatic carbocycles. The lowest BCUT2D eigenvalue weighted by Crippen LogP contribution is -2.42. The molecule has 0 fully saturated rings. The third-order valence-corrected chi connectivity index (χ3v) is 2.58. The van der Waals surface area contributed by atoms with Gasteiger partial charge >= 0.3 is 6.18 Å². The summed E-state index contributed by atoms with van der Waals surface area (Å²) in [6.07, 6.45) is -5.51. The molecule has 1 aromatic carbocycles. The molecule has 5 nitrogen and oxygen atoms in total. The van der Waals surface area contributed by atoms with Crippen LogP contribution in [0.1, 0.15) is 36.7 Å². The summed E-state index contributed by atoms with van der Waals surface area (Å²) in [5, 5.41) is 2.57. The van der Waals surface area contributed by atoms with Crippen molar-refractivity contribution in [1.29, 1.82) is 0 Å². The van der Waals surface area contributed by atoms with E-state index in [-0.39, 0.29) is 11.6 Å². The standard InChI is InChI=1S/C14H17F3N2O3/c1-8(2)18-12(20)9(3)22-19-13(21)10-5-4-6-11(7-10)14(15,16)17/h4-9H,1-3H3,(H,18,20)(H,19,21)/t9-/m1/s1. The van der Waals surface area contributed by atoms with E-state index in [1.165, 1.54) is 13.0 Å². The summed E-state index contributed by atoms with van der Waals surface area (Å²) in [5.41, 5.74) is 0.809. The van der Waals surface area contributed by atoms with E-state index in [4.69, 9.17) is 4.84 Å². The summed E-state index contributed by atoms with van der Waals surface area (Å²) in [7, 11) is 0. The first-order valence-electron chi connectivity index (χ1n) is 6.55. The van der Waals surface area contributed by atoms with Crippen molar-refractivity contribution in [1.82, 2.24) is 10.8 Å². The van der Waals surface area contributed by atoms with Crippen LogP contribution in [0, 0.1) is 0 Å². The molecule has 0 unspecified atom stereocenters. The van der Waals surface area contributed by atoms with E-state index in [2.05, 4.69) is 5.32 Å². The fourth-order valence-electron chi connectivity index (χ4n) is 1.49. The molecule has 2 amide bonds. The van der Waals surface area contributed by atoms with E-state index < -0.39 is 29.7 Å². The maximum absolute atomic E-state index is 12.6. The maximum atomic E-state index is 12.6. The molecule has 0 saturated heterocycles. The summed E-state index contributed by atoms with van der Waals surface area (Å²) in [6, 6.07) is 3.80. The molecule has 8 heteroatoms. The summed E-state index contributed by atoms with van der Waals surface area (Å²) in [4.78, 5) is 28.1. The number of halogens is 3. The monoisotopic (exact) mass is 318 g/mol. The molecule has 0 bridgehead atoms. The lowest BCUT2D eigenvalue weighted by atomic mass is 10.1. The molecular weight excluding hydrogens is 301 g/mol. The molecule has 0 aromatic heterocycles. The molecule has 1 rings (SSSR count). The van der Waals surface area contributed by atoms with Crippen molar-refractivity contribution in [2.45, 2.75) is 39.1 Å². The molecule has 0 radical (unpaired) electrons. The third kappa shape index (κ3) is 5.36. The van der Waals surface area contributed by atoms with E-state index in [9.17, 15) is 22.8 Å². The average molecular weight is 318 g/mol. The molecule has 0 aliphatic rings. The van der Waals surface area contributed by atoms with E-state index in [1.54, 1.807) is 13.8 Å². The highest BCUT2D eigenvalue weighted by Gasteiger charge is 2.31. The Morgan fingerprint density at radius 1 is 1.18 bits per heavy atom. The predicted molar refractivity (Wildman–Crippen MR) is 72.7 cm³/mol. The Morgan fingerprint density at radius 3 is 2.36 bits per heavy atom. The summed E-state index contributed by atoms with van der Waals surface area (Å²) in [5.74, 6) is -1.31. The minimum Gasteiger partial charge on any atom is -0.352 e. The first-order chi connectivity index (χ1) is 10.1. The quantitative estimate of drug-likeness (QED) is 0.819. The number of alkyl halides is 3. The third-order valence-electron chi connectivity index (χ3n) is 2.58. The van der Waals surface area contributed by atoms with Crippen molar-refractivity contribution >= 4 is 11.8 Å². The molecule has 22 heavy (non-hydrogen) atoms. The fraction of sp³-hybridized carbons (Fsp3) is 0.429. The molecule has 122 valence electrons. The van der Waals surface area contributed by atoms with Gasteiger partial charge < -0.3 is 5.32 Å². The van der Waals surface area contributed by atoms with Crippen molar-refractivity contribution < 1.29 is 27.6 Å². The van der Waals surface area contributed by atoms with Gasteiger partial charge in [0.15, 0.2) is 6.10 Å². The van der Waals surface area contributed by atoms with Gasteiger partial charge in [-0.2, -0.15) is 13.2 Å². The van der Waals surface area contributed by atoms with Gasteiger partial charge in [0.1, 0.15) is 0 Å². The molecule has 0 aliphatic heterocycles. The van der Waals surface area contributed by atoms with Gasteiger partial charge in [0, 0.05) is 11.6 Å². The van der Waals surface area contributed by atoms with Crippen LogP contribution in [0.25, 0.3) is 0 Å². The lowest BCUT2D eigenvalue weighted by molar-refractivity contribution is -0.137. The summed E-state index contributed by atoms with van der Waals surface area (Å²) >= 11 is 0. The van der Waals surface area contributed by atoms with Gasteiger partial charge in [-0.3, -0.25) is 14.4 Å². The first-order valence-corrected chi connectivity index (χ1v) is 6.55. The number of rotatable bonds is 5. The van der Waals surface area contributed by atoms with E-state index in [0.29, 0.717) is 6.07 Å². The van der Waals surface area contributed by atoms with Crippen molar-refractivity contribution in [2.75, 3.05) is 0 Å². The topological polar surface area (TPSA) is 67.4 Å². The van der Waals surface area contributed by atoms with Gasteiger partial charge in [-0.05, 0) is 39.0 Å². The Kier molecular flexibility index (Phi) is 5.92. The lowest BCUT2D eigenvalue weighted by Gasteiger charge is -2.15. The summed E-state index contributed by atoms with van der Waals surface area (Å²) in [6.45, 7) is 4.92. The van der Waals surface area contributed by atoms with Crippen molar-refractivity contribution in [3.63, 3.8) is 0 Å². The number of benzene rings is 1. The highest BCUT2D eigenvalue weighted by atomic mass is 19.4. The number of amides is 2. The molecule has 2 N–H and O–H groups in total. The zero-order valence-electron chi connectivity index (χ0n) is 12.3. The van der Waals surface area contributed by atoms with Gasteiger partial charge in [-0.1, -0.05) is 6.07 Å². The largest absolute Gasteiger partial charge is 0.416 e. The Labute approximate surface area is 125 Å². The summed E-state index contributed by atoms with van der Waals surface area (Å²) < 4.78 is 37.7. The number of hydrogen-bond donors (Lipinski definition) is 2. The molecular formula is C14H17F3N2O3. The fourth-order valence-corrected chi connectivity index (χ4v) is 1.49. The van der Waals surface area contributed by atoms with Crippen LogP contribution in [-0.2, 0) is 15.8 Å². The maximum Gasteiger partial charge on any atom is 0.416 e. The molecule has 0 spiro atoms. The van der Waals surface area contributed by atoms with Crippen LogP contribution in [0.3, 0.4) is 0 Å². The van der Waals surface area contributed by atoms with Crippen LogP contribution in [-0.4, -0.2) is 24.0 Å². The zero-order chi connectivity index (χ0) is 16.9. The molecule has 0 saturated carbocycles. The normalized spacial score (nSPS) is 12.9. The molecule has 0 heterocycles. The number of carbonyl (C=O) groups excluding carboxylic acids is 2. The van der Waals surface area contributed by atoms with Gasteiger partial charge in [0.2, 0.25) is 0 Å². The highest BCUT2D eigenvalue weighted by Crippen LogP contribution is 2.29. The second-order valence-electron chi connectivity index (χ2n) is 4.93. The van der Waals surface area contributed by atoms with E-state index >= 15 is 0 Å². The first kappa shape index (κ1) is 18.0. The Balaban J connectivity index is 2.65. The van der Waals surface area contributed by atoms with Crippen molar-refractivity contribution in [2.24, 2.45) is 0 Å². The number of carbonyl (C=O) groups is 2. The SMILES string of the molecule is CC(C)NC(=O)[C@@H](C)ONC(=O)c1cccc(C(F)(F)F)c1. The van der Waals surface area contributed by atoms with Gasteiger partial charge in [-0.25, -0.2) is 5.48 Å². The van der Waals surface area contributed by atoms with Gasteiger partial charge in [0.05, 0.1) is 5.56 Å². The Hall–Kier alpha value is -2.09. The zero-order valence-corrected chi connectivity index (χ0v) is 12.3. The van der Waals surface area contributed by atoms with Gasteiger partial charge in [-0.15, -0.1) is 0 Å². The van der Waals surface area contributed by atoms with Crippen LogP contribution in [0.2, 0.25) is 0 Å². The van der Waals surface area contributed by atoms with Crippen LogP contribution < -0.4 is 10.8 Å². The van der Waals surface area contributed by atoms with E-state index in [1.807, 2.05) is 5.48 Å². The van der Waals surface area contributed by atoms with Crippen molar-refractivity contribution in [3.8, 4) is 0 Å². The van der Waals surface area contributed by atoms with E-state index in [0.717, 1.165) is 12.1 Å². The van der Waals surface area contributed by atoms with Crippen LogP contribution in [0.4, 0.5) is 13.2 Å². The van der Waals surface area contributed by atoms with Gasteiger partial charge in [0.25, 0.3) is 11.8 Å². The highest BCUT2D eigenvalue weighted by molar-refractivity contribution is 5.93.